The van der Waals surface area contributed by atoms with Crippen LogP contribution in [0.3, 0.4) is 0 Å². The number of carbonyl (C=O) groups is 3. The molecule has 0 aromatic heterocycles. The Morgan fingerprint density at radius 3 is 2.77 bits per heavy atom. The number of ketones is 1. The number of halogens is 2. The van der Waals surface area contributed by atoms with E-state index in [1.807, 2.05) is 0 Å². The van der Waals surface area contributed by atoms with Gasteiger partial charge < -0.3 is 10.2 Å². The van der Waals surface area contributed by atoms with Gasteiger partial charge in [0.05, 0.1) is 0 Å². The van der Waals surface area contributed by atoms with E-state index in [0.29, 0.717) is 37.6 Å². The summed E-state index contributed by atoms with van der Waals surface area (Å²) < 4.78 is 25.9. The Labute approximate surface area is 150 Å². The lowest BCUT2D eigenvalue weighted by Crippen LogP contribution is -2.49. The second-order valence-electron chi connectivity index (χ2n) is 6.88. The van der Waals surface area contributed by atoms with Crippen molar-refractivity contribution < 1.29 is 23.2 Å². The third-order valence-corrected chi connectivity index (χ3v) is 4.83. The van der Waals surface area contributed by atoms with Crippen LogP contribution in [0.4, 0.5) is 8.78 Å². The van der Waals surface area contributed by atoms with Crippen LogP contribution in [-0.4, -0.2) is 34.5 Å². The maximum absolute atomic E-state index is 13.0. The van der Waals surface area contributed by atoms with Crippen molar-refractivity contribution >= 4 is 17.6 Å². The number of amides is 2. The number of hydrogen-bond acceptors (Lipinski definition) is 3. The topological polar surface area (TPSA) is 66.5 Å². The molecular weight excluding hydrogens is 342 g/mol. The van der Waals surface area contributed by atoms with E-state index in [1.165, 1.54) is 4.90 Å². The number of carbonyl (C=O) groups excluding carboxylic acids is 3. The Bertz CT molecular complexity index is 798. The van der Waals surface area contributed by atoms with Gasteiger partial charge in [-0.2, -0.15) is 8.78 Å². The van der Waals surface area contributed by atoms with E-state index in [9.17, 15) is 23.2 Å². The van der Waals surface area contributed by atoms with Gasteiger partial charge >= 0.3 is 5.92 Å². The molecule has 26 heavy (non-hydrogen) atoms. The molecule has 1 aromatic rings. The summed E-state index contributed by atoms with van der Waals surface area (Å²) in [6, 6.07) is 4.53. The predicted molar refractivity (Wildman–Crippen MR) is 90.6 cm³/mol. The lowest BCUT2D eigenvalue weighted by molar-refractivity contribution is -0.140. The van der Waals surface area contributed by atoms with E-state index in [4.69, 9.17) is 0 Å². The monoisotopic (exact) mass is 362 g/mol. The van der Waals surface area contributed by atoms with Crippen molar-refractivity contribution in [2.45, 2.75) is 51.1 Å². The Balaban J connectivity index is 1.71. The number of nitrogens with one attached hydrogen (secondary N) is 1. The molecule has 2 aliphatic rings. The third kappa shape index (κ3) is 3.52. The fraction of sp³-hybridized carbons (Fsp3) is 0.421. The van der Waals surface area contributed by atoms with E-state index in [2.05, 4.69) is 11.9 Å². The molecule has 2 heterocycles. The van der Waals surface area contributed by atoms with Gasteiger partial charge in [-0.1, -0.05) is 18.7 Å². The standard InChI is InChI=1S/C19H20F2N2O3/c1-11-3-7-15(17(25)22-11)23-10-13-9-12(4-6-14(13)18(23)26)5-8-16(24)19(2,20)21/h4,6,9,15H,1,3,5,7-8,10H2,2H3,(H,22,25). The summed E-state index contributed by atoms with van der Waals surface area (Å²) in [5.41, 5.74) is 2.63. The van der Waals surface area contributed by atoms with Gasteiger partial charge in [-0.3, -0.25) is 14.4 Å². The zero-order valence-electron chi connectivity index (χ0n) is 14.5. The SMILES string of the molecule is C=C1CCC(N2Cc3cc(CCC(=O)C(C)(F)F)ccc3C2=O)C(=O)N1. The molecule has 2 aliphatic heterocycles. The molecule has 1 N–H and O–H groups in total. The van der Waals surface area contributed by atoms with E-state index >= 15 is 0 Å². The first-order valence-corrected chi connectivity index (χ1v) is 8.49. The van der Waals surface area contributed by atoms with E-state index in [-0.39, 0.29) is 24.7 Å². The summed E-state index contributed by atoms with van der Waals surface area (Å²) in [7, 11) is 0. The molecule has 1 saturated heterocycles. The number of alkyl halides is 2. The molecule has 0 radical (unpaired) electrons. The summed E-state index contributed by atoms with van der Waals surface area (Å²) in [4.78, 5) is 37.7. The van der Waals surface area contributed by atoms with Gasteiger partial charge in [-0.25, -0.2) is 0 Å². The Morgan fingerprint density at radius 1 is 1.38 bits per heavy atom. The van der Waals surface area contributed by atoms with Crippen LogP contribution in [0.1, 0.15) is 47.7 Å². The fourth-order valence-corrected chi connectivity index (χ4v) is 3.34. The molecule has 0 spiro atoms. The number of Topliss-reactive ketones (excluding diaryl/α,β-unsaturated/α-hetero) is 1. The molecule has 0 saturated carbocycles. The molecule has 1 atom stereocenters. The lowest BCUT2D eigenvalue weighted by Gasteiger charge is -2.30. The van der Waals surface area contributed by atoms with Crippen LogP contribution < -0.4 is 5.32 Å². The number of rotatable bonds is 5. The quantitative estimate of drug-likeness (QED) is 0.876. The van der Waals surface area contributed by atoms with E-state index in [0.717, 1.165) is 11.1 Å². The summed E-state index contributed by atoms with van der Waals surface area (Å²) >= 11 is 0. The van der Waals surface area contributed by atoms with Crippen LogP contribution in [-0.2, 0) is 22.6 Å². The summed E-state index contributed by atoms with van der Waals surface area (Å²) in [5, 5.41) is 2.68. The van der Waals surface area contributed by atoms with Crippen molar-refractivity contribution in [3.05, 3.63) is 47.2 Å². The minimum absolute atomic E-state index is 0.188. The highest BCUT2D eigenvalue weighted by atomic mass is 19.3. The highest BCUT2D eigenvalue weighted by molar-refractivity contribution is 6.01. The van der Waals surface area contributed by atoms with Crippen LogP contribution in [0.5, 0.6) is 0 Å². The fourth-order valence-electron chi connectivity index (χ4n) is 3.34. The zero-order chi connectivity index (χ0) is 19.1. The third-order valence-electron chi connectivity index (χ3n) is 4.83. The van der Waals surface area contributed by atoms with Crippen molar-refractivity contribution in [1.29, 1.82) is 0 Å². The van der Waals surface area contributed by atoms with Crippen LogP contribution in [0.2, 0.25) is 0 Å². The minimum atomic E-state index is -3.33. The van der Waals surface area contributed by atoms with Crippen molar-refractivity contribution in [3.8, 4) is 0 Å². The van der Waals surface area contributed by atoms with Gasteiger partial charge in [0.2, 0.25) is 11.7 Å². The molecular formula is C19H20F2N2O3. The summed E-state index contributed by atoms with van der Waals surface area (Å²) in [6.07, 6.45) is 1.08. The van der Waals surface area contributed by atoms with Crippen LogP contribution >= 0.6 is 0 Å². The van der Waals surface area contributed by atoms with E-state index in [1.54, 1.807) is 18.2 Å². The number of hydrogen-bond donors (Lipinski definition) is 1. The zero-order valence-corrected chi connectivity index (χ0v) is 14.5. The highest BCUT2D eigenvalue weighted by Crippen LogP contribution is 2.29. The van der Waals surface area contributed by atoms with Crippen molar-refractivity contribution in [3.63, 3.8) is 0 Å². The molecule has 3 rings (SSSR count). The van der Waals surface area contributed by atoms with Crippen molar-refractivity contribution in [2.24, 2.45) is 0 Å². The van der Waals surface area contributed by atoms with Gasteiger partial charge in [0.15, 0.2) is 0 Å². The average Bonchev–Trinajstić information content (AvgIpc) is 2.88. The number of allylic oxidation sites excluding steroid dienone is 1. The average molecular weight is 362 g/mol. The van der Waals surface area contributed by atoms with Crippen molar-refractivity contribution in [1.82, 2.24) is 10.2 Å². The van der Waals surface area contributed by atoms with Gasteiger partial charge in [0.1, 0.15) is 6.04 Å². The number of aryl methyl sites for hydroxylation is 1. The van der Waals surface area contributed by atoms with Crippen LogP contribution in [0.15, 0.2) is 30.5 Å². The molecule has 0 aliphatic carbocycles. The van der Waals surface area contributed by atoms with Crippen molar-refractivity contribution in [2.75, 3.05) is 0 Å². The molecule has 7 heteroatoms. The molecule has 5 nitrogen and oxygen atoms in total. The number of fused-ring (bicyclic) bond motifs is 1. The molecule has 1 fully saturated rings. The van der Waals surface area contributed by atoms with Gasteiger partial charge in [0, 0.05) is 31.1 Å². The summed E-state index contributed by atoms with van der Waals surface area (Å²) in [5.74, 6) is -4.88. The minimum Gasteiger partial charge on any atom is -0.329 e. The van der Waals surface area contributed by atoms with E-state index < -0.39 is 17.7 Å². The second-order valence-corrected chi connectivity index (χ2v) is 6.88. The van der Waals surface area contributed by atoms with Gasteiger partial charge in [-0.05, 0) is 36.5 Å². The normalized spacial score (nSPS) is 20.2. The Kier molecular flexibility index (Phi) is 4.64. The van der Waals surface area contributed by atoms with Crippen LogP contribution in [0.25, 0.3) is 0 Å². The smallest absolute Gasteiger partial charge is 0.302 e. The summed E-state index contributed by atoms with van der Waals surface area (Å²) in [6.45, 7) is 4.62. The Morgan fingerprint density at radius 2 is 2.12 bits per heavy atom. The maximum atomic E-state index is 13.0. The highest BCUT2D eigenvalue weighted by Gasteiger charge is 2.38. The first-order chi connectivity index (χ1) is 12.2. The first-order valence-electron chi connectivity index (χ1n) is 8.49. The predicted octanol–water partition coefficient (Wildman–Crippen LogP) is 2.59. The molecule has 0 bridgehead atoms. The lowest BCUT2D eigenvalue weighted by atomic mass is 10.0. The first kappa shape index (κ1) is 18.2. The molecule has 2 amide bonds. The van der Waals surface area contributed by atoms with Gasteiger partial charge in [0.25, 0.3) is 5.91 Å². The Hall–Kier alpha value is -2.57. The molecule has 1 unspecified atom stereocenters. The maximum Gasteiger partial charge on any atom is 0.302 e. The number of piperidine rings is 1. The molecule has 1 aromatic carbocycles. The number of benzene rings is 1. The second kappa shape index (κ2) is 6.63. The van der Waals surface area contributed by atoms with Gasteiger partial charge in [-0.15, -0.1) is 0 Å². The molecule has 138 valence electrons. The van der Waals surface area contributed by atoms with Crippen LogP contribution in [0, 0.1) is 0 Å². The largest absolute Gasteiger partial charge is 0.329 e. The number of nitrogens with zero attached hydrogens (tertiary/aromatic N) is 1.